The van der Waals surface area contributed by atoms with Crippen LogP contribution in [0.25, 0.3) is 0 Å². The van der Waals surface area contributed by atoms with Crippen molar-refractivity contribution in [2.75, 3.05) is 38.2 Å². The first-order valence-electron chi connectivity index (χ1n) is 10.3. The van der Waals surface area contributed by atoms with Crippen molar-refractivity contribution in [1.82, 2.24) is 15.2 Å². The monoisotopic (exact) mass is 484 g/mol. The zero-order valence-corrected chi connectivity index (χ0v) is 18.9. The van der Waals surface area contributed by atoms with Gasteiger partial charge in [0, 0.05) is 38.9 Å². The number of benzene rings is 1. The van der Waals surface area contributed by atoms with Crippen molar-refractivity contribution in [3.05, 3.63) is 58.2 Å². The number of halogens is 4. The maximum Gasteiger partial charge on any atom is 0.417 e. The number of nitrogens with zero attached hydrogens (tertiary/aromatic N) is 3. The van der Waals surface area contributed by atoms with E-state index in [0.717, 1.165) is 17.8 Å². The van der Waals surface area contributed by atoms with Gasteiger partial charge in [-0.25, -0.2) is 9.78 Å². The molecule has 3 rings (SSSR count). The lowest BCUT2D eigenvalue weighted by molar-refractivity contribution is -0.137. The summed E-state index contributed by atoms with van der Waals surface area (Å²) in [7, 11) is 1.31. The van der Waals surface area contributed by atoms with Crippen LogP contribution in [0.15, 0.2) is 36.5 Å². The number of piperazine rings is 1. The van der Waals surface area contributed by atoms with Crippen LogP contribution < -0.4 is 10.2 Å². The molecule has 0 bridgehead atoms. The number of alkyl halides is 3. The lowest BCUT2D eigenvalue weighted by Gasteiger charge is -2.38. The molecule has 11 heteroatoms. The summed E-state index contributed by atoms with van der Waals surface area (Å²) < 4.78 is 43.1. The van der Waals surface area contributed by atoms with Gasteiger partial charge in [0.2, 0.25) is 5.91 Å². The molecule has 7 nitrogen and oxygen atoms in total. The Labute approximate surface area is 194 Å². The number of amides is 1. The van der Waals surface area contributed by atoms with Crippen LogP contribution in [0.3, 0.4) is 0 Å². The summed E-state index contributed by atoms with van der Waals surface area (Å²) in [6, 6.07) is 7.25. The van der Waals surface area contributed by atoms with Gasteiger partial charge in [-0.15, -0.1) is 0 Å². The fourth-order valence-electron chi connectivity index (χ4n) is 3.52. The predicted octanol–water partition coefficient (Wildman–Crippen LogP) is 3.37. The summed E-state index contributed by atoms with van der Waals surface area (Å²) in [5.41, 5.74) is 0.387. The van der Waals surface area contributed by atoms with E-state index in [2.05, 4.69) is 15.0 Å². The van der Waals surface area contributed by atoms with E-state index < -0.39 is 23.8 Å². The molecule has 178 valence electrons. The van der Waals surface area contributed by atoms with E-state index in [0.29, 0.717) is 44.1 Å². The highest BCUT2D eigenvalue weighted by atomic mass is 35.5. The average molecular weight is 485 g/mol. The van der Waals surface area contributed by atoms with Gasteiger partial charge in [0.25, 0.3) is 0 Å². The molecule has 2 heterocycles. The van der Waals surface area contributed by atoms with Crippen molar-refractivity contribution in [3.63, 3.8) is 0 Å². The Bertz CT molecular complexity index is 993. The second kappa shape index (κ2) is 10.4. The van der Waals surface area contributed by atoms with Crippen LogP contribution in [0.1, 0.15) is 28.4 Å². The SMILES string of the molecule is COC(=O)c1ccc(CNC(=O)[C@@H](C)N2CCN(c3ncc(C(F)(F)F)cc3Cl)CC2)cc1. The molecule has 1 saturated heterocycles. The summed E-state index contributed by atoms with van der Waals surface area (Å²) in [5, 5.41) is 2.83. The van der Waals surface area contributed by atoms with E-state index in [-0.39, 0.29) is 10.9 Å². The molecule has 0 unspecified atom stereocenters. The average Bonchev–Trinajstić information content (AvgIpc) is 2.81. The predicted molar refractivity (Wildman–Crippen MR) is 117 cm³/mol. The number of anilines is 1. The standard InChI is InChI=1S/C22H24ClF3N4O3/c1-14(20(31)28-12-15-3-5-16(6-4-15)21(32)33-2)29-7-9-30(10-8-29)19-18(23)11-17(13-27-19)22(24,25)26/h3-6,11,13-14H,7-10,12H2,1-2H3,(H,28,31)/t14-/m1/s1. The Morgan fingerprint density at radius 1 is 1.18 bits per heavy atom. The van der Waals surface area contributed by atoms with Gasteiger partial charge in [-0.1, -0.05) is 23.7 Å². The highest BCUT2D eigenvalue weighted by Crippen LogP contribution is 2.33. The Kier molecular flexibility index (Phi) is 7.80. The number of methoxy groups -OCH3 is 1. The summed E-state index contributed by atoms with van der Waals surface area (Å²) in [4.78, 5) is 31.8. The van der Waals surface area contributed by atoms with Gasteiger partial charge in [-0.3, -0.25) is 9.69 Å². The molecule has 33 heavy (non-hydrogen) atoms. The Balaban J connectivity index is 1.51. The van der Waals surface area contributed by atoms with Gasteiger partial charge < -0.3 is 15.0 Å². The fraction of sp³-hybridized carbons (Fsp3) is 0.409. The van der Waals surface area contributed by atoms with Crippen LogP contribution in [-0.2, 0) is 22.3 Å². The first kappa shape index (κ1) is 24.8. The van der Waals surface area contributed by atoms with Crippen LogP contribution in [0, 0.1) is 0 Å². The highest BCUT2D eigenvalue weighted by molar-refractivity contribution is 6.33. The Morgan fingerprint density at radius 3 is 2.36 bits per heavy atom. The van der Waals surface area contributed by atoms with E-state index in [1.807, 2.05) is 9.80 Å². The number of nitrogens with one attached hydrogen (secondary N) is 1. The van der Waals surface area contributed by atoms with Gasteiger partial charge in [-0.2, -0.15) is 13.2 Å². The second-order valence-corrected chi connectivity index (χ2v) is 8.04. The summed E-state index contributed by atoms with van der Waals surface area (Å²) in [6.45, 7) is 4.13. The van der Waals surface area contributed by atoms with Crippen molar-refractivity contribution in [2.45, 2.75) is 25.7 Å². The molecule has 1 amide bonds. The zero-order valence-electron chi connectivity index (χ0n) is 18.2. The van der Waals surface area contributed by atoms with Gasteiger partial charge in [0.1, 0.15) is 5.82 Å². The number of carbonyl (C=O) groups is 2. The summed E-state index contributed by atoms with van der Waals surface area (Å²) in [5.74, 6) is -0.269. The van der Waals surface area contributed by atoms with E-state index in [1.165, 1.54) is 7.11 Å². The molecular weight excluding hydrogens is 461 g/mol. The van der Waals surface area contributed by atoms with Crippen LogP contribution in [0.2, 0.25) is 5.02 Å². The Hall–Kier alpha value is -2.85. The molecule has 1 atom stereocenters. The molecule has 1 aromatic heterocycles. The molecule has 1 aliphatic heterocycles. The molecule has 2 aromatic rings. The number of rotatable bonds is 6. The van der Waals surface area contributed by atoms with Gasteiger partial charge >= 0.3 is 12.1 Å². The van der Waals surface area contributed by atoms with Crippen LogP contribution in [0.4, 0.5) is 19.0 Å². The van der Waals surface area contributed by atoms with Crippen LogP contribution in [-0.4, -0.2) is 61.1 Å². The van der Waals surface area contributed by atoms with Crippen molar-refractivity contribution in [1.29, 1.82) is 0 Å². The molecule has 1 aliphatic rings. The number of carbonyl (C=O) groups excluding carboxylic acids is 2. The number of ether oxygens (including phenoxy) is 1. The summed E-state index contributed by atoms with van der Waals surface area (Å²) >= 11 is 6.05. The van der Waals surface area contributed by atoms with Gasteiger partial charge in [-0.05, 0) is 30.7 Å². The third-order valence-corrected chi connectivity index (χ3v) is 5.81. The number of pyridine rings is 1. The van der Waals surface area contributed by atoms with Gasteiger partial charge in [0.05, 0.1) is 29.3 Å². The molecule has 0 spiro atoms. The highest BCUT2D eigenvalue weighted by Gasteiger charge is 2.33. The number of aromatic nitrogens is 1. The minimum absolute atomic E-state index is 0.0534. The van der Waals surface area contributed by atoms with E-state index in [9.17, 15) is 22.8 Å². The van der Waals surface area contributed by atoms with E-state index in [4.69, 9.17) is 11.6 Å². The summed E-state index contributed by atoms with van der Waals surface area (Å²) in [6.07, 6.45) is -3.72. The smallest absolute Gasteiger partial charge is 0.417 e. The zero-order chi connectivity index (χ0) is 24.2. The van der Waals surface area contributed by atoms with Crippen molar-refractivity contribution >= 4 is 29.3 Å². The third kappa shape index (κ3) is 6.14. The lowest BCUT2D eigenvalue weighted by Crippen LogP contribution is -2.54. The molecule has 1 aromatic carbocycles. The number of hydrogen-bond donors (Lipinski definition) is 1. The van der Waals surface area contributed by atoms with Crippen molar-refractivity contribution in [3.8, 4) is 0 Å². The topological polar surface area (TPSA) is 74.8 Å². The largest absolute Gasteiger partial charge is 0.465 e. The molecule has 0 saturated carbocycles. The normalized spacial score (nSPS) is 15.8. The molecule has 1 N–H and O–H groups in total. The van der Waals surface area contributed by atoms with Gasteiger partial charge in [0.15, 0.2) is 0 Å². The first-order valence-corrected chi connectivity index (χ1v) is 10.6. The molecular formula is C22H24ClF3N4O3. The molecule has 0 aliphatic carbocycles. The second-order valence-electron chi connectivity index (χ2n) is 7.63. The Morgan fingerprint density at radius 2 is 1.82 bits per heavy atom. The van der Waals surface area contributed by atoms with E-state index >= 15 is 0 Å². The fourth-order valence-corrected chi connectivity index (χ4v) is 3.80. The quantitative estimate of drug-likeness (QED) is 0.634. The number of esters is 1. The maximum atomic E-state index is 12.8. The van der Waals surface area contributed by atoms with E-state index in [1.54, 1.807) is 31.2 Å². The third-order valence-electron chi connectivity index (χ3n) is 5.53. The van der Waals surface area contributed by atoms with Crippen molar-refractivity contribution < 1.29 is 27.5 Å². The maximum absolute atomic E-state index is 12.8. The minimum atomic E-state index is -4.50. The first-order chi connectivity index (χ1) is 15.6. The van der Waals surface area contributed by atoms with Crippen LogP contribution in [0.5, 0.6) is 0 Å². The van der Waals surface area contributed by atoms with Crippen LogP contribution >= 0.6 is 11.6 Å². The minimum Gasteiger partial charge on any atom is -0.465 e. The molecule has 1 fully saturated rings. The number of hydrogen-bond acceptors (Lipinski definition) is 6. The van der Waals surface area contributed by atoms with Crippen molar-refractivity contribution in [2.24, 2.45) is 0 Å². The lowest BCUT2D eigenvalue weighted by atomic mass is 10.1. The molecule has 0 radical (unpaired) electrons.